The van der Waals surface area contributed by atoms with Crippen LogP contribution in [0.15, 0.2) is 25.4 Å². The predicted octanol–water partition coefficient (Wildman–Crippen LogP) is 6.88. The second-order valence-electron chi connectivity index (χ2n) is 3.81. The molecule has 108 valence electrons. The van der Waals surface area contributed by atoms with Crippen molar-refractivity contribution in [2.75, 3.05) is 11.5 Å². The lowest BCUT2D eigenvalue weighted by molar-refractivity contribution is 0.490. The van der Waals surface area contributed by atoms with Crippen LogP contribution in [-0.2, 0) is 0 Å². The van der Waals surface area contributed by atoms with Crippen molar-refractivity contribution in [2.24, 2.45) is 0 Å². The van der Waals surface area contributed by atoms with Crippen molar-refractivity contribution in [2.45, 2.75) is 11.0 Å². The summed E-state index contributed by atoms with van der Waals surface area (Å²) < 4.78 is 34.0. The van der Waals surface area contributed by atoms with E-state index >= 15 is 0 Å². The molecule has 0 spiro atoms. The second kappa shape index (κ2) is 6.41. The average molecular weight is 421 g/mol. The molecule has 0 aromatic heterocycles. The lowest BCUT2D eigenvalue weighted by Crippen LogP contribution is -2.01. The van der Waals surface area contributed by atoms with Crippen molar-refractivity contribution in [3.8, 4) is 0 Å². The summed E-state index contributed by atoms with van der Waals surface area (Å²) in [7, 11) is 0. The van der Waals surface area contributed by atoms with Gasteiger partial charge in [-0.3, -0.25) is 0 Å². The van der Waals surface area contributed by atoms with E-state index in [0.29, 0.717) is 11.5 Å². The van der Waals surface area contributed by atoms with Crippen LogP contribution >= 0.6 is 94.1 Å². The first-order valence-electron chi connectivity index (χ1n) is 5.50. The van der Waals surface area contributed by atoms with Gasteiger partial charge in [0.05, 0.1) is 25.4 Å². The molecule has 2 unspecified atom stereocenters. The first-order valence-corrected chi connectivity index (χ1v) is 12.5. The van der Waals surface area contributed by atoms with Crippen LogP contribution in [-0.4, -0.2) is 22.5 Å². The van der Waals surface area contributed by atoms with Crippen LogP contribution in [0.25, 0.3) is 0 Å². The van der Waals surface area contributed by atoms with Crippen molar-refractivity contribution >= 4 is 94.1 Å². The highest BCUT2D eigenvalue weighted by Crippen LogP contribution is 2.68. The van der Waals surface area contributed by atoms with Gasteiger partial charge < -0.3 is 0 Å². The highest BCUT2D eigenvalue weighted by atomic mass is 32.3. The van der Waals surface area contributed by atoms with Crippen molar-refractivity contribution < 1.29 is 8.78 Å². The molecule has 0 radical (unpaired) electrons. The standard InChI is InChI=1S/C10H6F2S8/c11-3-1-13-5-7(15-3)19-9(17-5)10-18-6-8(20-10)16-4(12)2-14-6/h3-4H,1-2H2/b10-9+. The average Bonchev–Trinajstić information content (AvgIpc) is 3.00. The molecule has 0 bridgehead atoms. The molecule has 4 rings (SSSR count). The molecule has 0 aliphatic carbocycles. The molecule has 0 amide bonds. The molecule has 0 nitrogen and oxygen atoms in total. The molecule has 0 saturated heterocycles. The Hall–Kier alpha value is 1.88. The number of rotatable bonds is 0. The summed E-state index contributed by atoms with van der Waals surface area (Å²) in [5.74, 6) is 1.09. The molecule has 4 aliphatic rings. The summed E-state index contributed by atoms with van der Waals surface area (Å²) in [6.07, 6.45) is 0. The Morgan fingerprint density at radius 1 is 0.600 bits per heavy atom. The molecule has 0 aromatic carbocycles. The third kappa shape index (κ3) is 3.09. The maximum Gasteiger partial charge on any atom is 0.160 e. The molecular formula is C10H6F2S8. The van der Waals surface area contributed by atoms with E-state index < -0.39 is 11.0 Å². The zero-order valence-electron chi connectivity index (χ0n) is 9.59. The fourth-order valence-electron chi connectivity index (χ4n) is 1.62. The van der Waals surface area contributed by atoms with E-state index in [9.17, 15) is 8.78 Å². The molecule has 0 N–H and O–H groups in total. The fourth-order valence-corrected chi connectivity index (χ4v) is 13.5. The van der Waals surface area contributed by atoms with E-state index in [1.165, 1.54) is 40.5 Å². The van der Waals surface area contributed by atoms with Crippen LogP contribution in [0.3, 0.4) is 0 Å². The normalized spacial score (nSPS) is 37.5. The Bertz CT molecular complexity index is 505. The highest BCUT2D eigenvalue weighted by molar-refractivity contribution is 8.45. The highest BCUT2D eigenvalue weighted by Gasteiger charge is 2.36. The summed E-state index contributed by atoms with van der Waals surface area (Å²) in [4.78, 5) is 0. The summed E-state index contributed by atoms with van der Waals surface area (Å²) in [6.45, 7) is 0. The summed E-state index contributed by atoms with van der Waals surface area (Å²) >= 11 is 12.8. The van der Waals surface area contributed by atoms with Crippen molar-refractivity contribution in [3.05, 3.63) is 25.4 Å². The van der Waals surface area contributed by atoms with Crippen LogP contribution in [0, 0.1) is 0 Å². The Kier molecular flexibility index (Phi) is 4.94. The van der Waals surface area contributed by atoms with E-state index in [1.54, 1.807) is 70.6 Å². The van der Waals surface area contributed by atoms with Gasteiger partial charge in [-0.2, -0.15) is 0 Å². The number of hydrogen-bond donors (Lipinski definition) is 0. The molecule has 0 fully saturated rings. The fraction of sp³-hybridized carbons (Fsp3) is 0.400. The minimum Gasteiger partial charge on any atom is -0.234 e. The van der Waals surface area contributed by atoms with Crippen molar-refractivity contribution in [1.29, 1.82) is 0 Å². The van der Waals surface area contributed by atoms with Crippen molar-refractivity contribution in [3.63, 3.8) is 0 Å². The van der Waals surface area contributed by atoms with Gasteiger partial charge in [-0.25, -0.2) is 8.78 Å². The maximum absolute atomic E-state index is 13.4. The second-order valence-corrected chi connectivity index (χ2v) is 13.8. The molecule has 4 aliphatic heterocycles. The third-order valence-corrected chi connectivity index (χ3v) is 14.3. The zero-order chi connectivity index (χ0) is 13.7. The zero-order valence-corrected chi connectivity index (χ0v) is 16.1. The smallest absolute Gasteiger partial charge is 0.160 e. The topological polar surface area (TPSA) is 0 Å². The van der Waals surface area contributed by atoms with Crippen LogP contribution in [0.5, 0.6) is 0 Å². The van der Waals surface area contributed by atoms with Crippen LogP contribution in [0.2, 0.25) is 0 Å². The first-order chi connectivity index (χ1) is 9.69. The molecule has 0 aromatic rings. The van der Waals surface area contributed by atoms with E-state index in [0.717, 1.165) is 8.47 Å². The number of halogens is 2. The van der Waals surface area contributed by atoms with Gasteiger partial charge in [-0.1, -0.05) is 70.6 Å². The van der Waals surface area contributed by atoms with Gasteiger partial charge >= 0.3 is 0 Å². The van der Waals surface area contributed by atoms with Crippen LogP contribution in [0.4, 0.5) is 8.78 Å². The molecule has 10 heteroatoms. The van der Waals surface area contributed by atoms with E-state index in [2.05, 4.69) is 0 Å². The third-order valence-electron chi connectivity index (χ3n) is 2.40. The Morgan fingerprint density at radius 2 is 1.00 bits per heavy atom. The van der Waals surface area contributed by atoms with Crippen LogP contribution in [0.1, 0.15) is 0 Å². The monoisotopic (exact) mass is 420 g/mol. The van der Waals surface area contributed by atoms with Gasteiger partial charge in [0.15, 0.2) is 11.0 Å². The lowest BCUT2D eigenvalue weighted by atomic mass is 10.9. The Morgan fingerprint density at radius 3 is 1.45 bits per heavy atom. The first kappa shape index (κ1) is 15.4. The summed E-state index contributed by atoms with van der Waals surface area (Å²) in [6, 6.07) is 0. The Labute approximate surface area is 149 Å². The largest absolute Gasteiger partial charge is 0.234 e. The predicted molar refractivity (Wildman–Crippen MR) is 101 cm³/mol. The number of thioether (sulfide) groups is 8. The van der Waals surface area contributed by atoms with Gasteiger partial charge in [0, 0.05) is 11.5 Å². The van der Waals surface area contributed by atoms with Crippen LogP contribution < -0.4 is 0 Å². The van der Waals surface area contributed by atoms with E-state index in [4.69, 9.17) is 0 Å². The minimum atomic E-state index is -0.787. The maximum atomic E-state index is 13.4. The molecule has 20 heavy (non-hydrogen) atoms. The van der Waals surface area contributed by atoms with Gasteiger partial charge in [-0.05, 0) is 0 Å². The van der Waals surface area contributed by atoms with Crippen molar-refractivity contribution in [1.82, 2.24) is 0 Å². The summed E-state index contributed by atoms with van der Waals surface area (Å²) in [5.41, 5.74) is -1.57. The van der Waals surface area contributed by atoms with Gasteiger partial charge in [-0.15, -0.1) is 23.5 Å². The van der Waals surface area contributed by atoms with Gasteiger partial charge in [0.2, 0.25) is 0 Å². The molecule has 4 heterocycles. The lowest BCUT2D eigenvalue weighted by Gasteiger charge is -2.13. The number of alkyl halides is 2. The quantitative estimate of drug-likeness (QED) is 0.411. The van der Waals surface area contributed by atoms with E-state index in [-0.39, 0.29) is 0 Å². The SMILES string of the molecule is FC1CSC2=C(S/C(=C3\SC4=C(S3)SC(F)CS4)S2)S1. The molecular weight excluding hydrogens is 415 g/mol. The molecule has 0 saturated carbocycles. The van der Waals surface area contributed by atoms with E-state index in [1.807, 2.05) is 0 Å². The minimum absolute atomic E-state index is 0.546. The molecule has 2 atom stereocenters. The summed E-state index contributed by atoms with van der Waals surface area (Å²) in [5, 5.41) is 0. The van der Waals surface area contributed by atoms with Gasteiger partial charge in [0.1, 0.15) is 0 Å². The Balaban J connectivity index is 1.51. The van der Waals surface area contributed by atoms with Gasteiger partial charge in [0.25, 0.3) is 0 Å². The number of hydrogen-bond acceptors (Lipinski definition) is 8.